The minimum atomic E-state index is -0.433. The molecule has 0 aromatic carbocycles. The Morgan fingerprint density at radius 1 is 1.50 bits per heavy atom. The standard InChI is InChI=1S/C8H12N2O4/c11-3-8(4-14-5-8)2-10-6(12)1-9-7(10)13/h11H,1-5H2,(H,9,13). The number of hydrogen-bond acceptors (Lipinski definition) is 4. The van der Waals surface area contributed by atoms with E-state index in [1.165, 1.54) is 0 Å². The fourth-order valence-electron chi connectivity index (χ4n) is 1.57. The van der Waals surface area contributed by atoms with E-state index >= 15 is 0 Å². The molecule has 0 saturated carbocycles. The summed E-state index contributed by atoms with van der Waals surface area (Å²) in [5.74, 6) is -0.241. The zero-order chi connectivity index (χ0) is 10.2. The predicted octanol–water partition coefficient (Wildman–Crippen LogP) is -1.45. The molecule has 0 bridgehead atoms. The maximum atomic E-state index is 11.2. The maximum absolute atomic E-state index is 11.2. The number of hydrogen-bond donors (Lipinski definition) is 2. The quantitative estimate of drug-likeness (QED) is 0.546. The van der Waals surface area contributed by atoms with Gasteiger partial charge in [0.25, 0.3) is 0 Å². The van der Waals surface area contributed by atoms with E-state index in [9.17, 15) is 9.59 Å². The van der Waals surface area contributed by atoms with Gasteiger partial charge in [-0.05, 0) is 0 Å². The second kappa shape index (κ2) is 3.21. The van der Waals surface area contributed by atoms with Crippen molar-refractivity contribution in [3.8, 4) is 0 Å². The Kier molecular flexibility index (Phi) is 2.16. The first-order valence-corrected chi connectivity index (χ1v) is 4.44. The Bertz CT molecular complexity index is 253. The van der Waals surface area contributed by atoms with E-state index in [1.54, 1.807) is 0 Å². The summed E-state index contributed by atoms with van der Waals surface area (Å²) in [6.07, 6.45) is 0. The van der Waals surface area contributed by atoms with Crippen LogP contribution in [0.5, 0.6) is 0 Å². The molecule has 2 N–H and O–H groups in total. The molecular weight excluding hydrogens is 188 g/mol. The Hall–Kier alpha value is -1.14. The van der Waals surface area contributed by atoms with Crippen molar-refractivity contribution in [2.24, 2.45) is 5.41 Å². The number of nitrogens with zero attached hydrogens (tertiary/aromatic N) is 1. The summed E-state index contributed by atoms with van der Waals surface area (Å²) in [5, 5.41) is 11.5. The normalized spacial score (nSPS) is 24.8. The van der Waals surface area contributed by atoms with Crippen molar-refractivity contribution >= 4 is 11.9 Å². The van der Waals surface area contributed by atoms with Gasteiger partial charge in [-0.2, -0.15) is 0 Å². The van der Waals surface area contributed by atoms with Crippen LogP contribution in [0.2, 0.25) is 0 Å². The van der Waals surface area contributed by atoms with E-state index in [0.717, 1.165) is 4.90 Å². The molecule has 0 spiro atoms. The van der Waals surface area contributed by atoms with Gasteiger partial charge in [-0.25, -0.2) is 4.79 Å². The number of aliphatic hydroxyl groups is 1. The van der Waals surface area contributed by atoms with E-state index in [2.05, 4.69) is 5.32 Å². The molecule has 3 amide bonds. The molecule has 2 rings (SSSR count). The lowest BCUT2D eigenvalue weighted by molar-refractivity contribution is -0.151. The van der Waals surface area contributed by atoms with Gasteiger partial charge < -0.3 is 15.2 Å². The predicted molar refractivity (Wildman–Crippen MR) is 45.4 cm³/mol. The second-order valence-corrected chi connectivity index (χ2v) is 3.79. The highest BCUT2D eigenvalue weighted by molar-refractivity contribution is 6.01. The van der Waals surface area contributed by atoms with Crippen LogP contribution in [0.4, 0.5) is 4.79 Å². The molecule has 2 aliphatic rings. The number of amides is 3. The number of imide groups is 1. The summed E-state index contributed by atoms with van der Waals surface area (Å²) in [6, 6.07) is -0.380. The molecule has 0 atom stereocenters. The van der Waals surface area contributed by atoms with E-state index in [-0.39, 0.29) is 31.6 Å². The monoisotopic (exact) mass is 200 g/mol. The van der Waals surface area contributed by atoms with Gasteiger partial charge in [0.15, 0.2) is 0 Å². The summed E-state index contributed by atoms with van der Waals surface area (Å²) < 4.78 is 4.98. The van der Waals surface area contributed by atoms with Gasteiger partial charge in [0.2, 0.25) is 5.91 Å². The van der Waals surface area contributed by atoms with Gasteiger partial charge in [0, 0.05) is 6.54 Å². The SMILES string of the molecule is O=C1CNC(=O)N1CC1(CO)COC1. The number of nitrogens with one attached hydrogen (secondary N) is 1. The largest absolute Gasteiger partial charge is 0.396 e. The summed E-state index contributed by atoms with van der Waals surface area (Å²) in [7, 11) is 0. The molecule has 6 heteroatoms. The lowest BCUT2D eigenvalue weighted by Gasteiger charge is -2.41. The van der Waals surface area contributed by atoms with Gasteiger partial charge in [0.1, 0.15) is 0 Å². The molecule has 2 saturated heterocycles. The average Bonchev–Trinajstić information content (AvgIpc) is 2.41. The first-order chi connectivity index (χ1) is 6.67. The van der Waals surface area contributed by atoms with Crippen LogP contribution in [-0.4, -0.2) is 54.9 Å². The maximum Gasteiger partial charge on any atom is 0.324 e. The smallest absolute Gasteiger partial charge is 0.324 e. The van der Waals surface area contributed by atoms with Crippen LogP contribution >= 0.6 is 0 Å². The number of ether oxygens (including phenoxy) is 1. The van der Waals surface area contributed by atoms with Crippen LogP contribution in [0.15, 0.2) is 0 Å². The Labute approximate surface area is 80.8 Å². The van der Waals surface area contributed by atoms with Crippen LogP contribution in [-0.2, 0) is 9.53 Å². The summed E-state index contributed by atoms with van der Waals surface area (Å²) >= 11 is 0. The van der Waals surface area contributed by atoms with Gasteiger partial charge in [-0.3, -0.25) is 9.69 Å². The molecule has 78 valence electrons. The van der Waals surface area contributed by atoms with Gasteiger partial charge in [-0.15, -0.1) is 0 Å². The Balaban J connectivity index is 2.02. The summed E-state index contributed by atoms with van der Waals surface area (Å²) in [4.78, 5) is 23.6. The van der Waals surface area contributed by atoms with Crippen molar-refractivity contribution in [2.75, 3.05) is 32.9 Å². The van der Waals surface area contributed by atoms with Gasteiger partial charge in [0.05, 0.1) is 31.8 Å². The minimum Gasteiger partial charge on any atom is -0.396 e. The van der Waals surface area contributed by atoms with E-state index in [1.807, 2.05) is 0 Å². The van der Waals surface area contributed by atoms with E-state index in [0.29, 0.717) is 13.2 Å². The first kappa shape index (κ1) is 9.42. The number of carbonyl (C=O) groups is 2. The second-order valence-electron chi connectivity index (χ2n) is 3.79. The molecule has 0 aliphatic carbocycles. The van der Waals surface area contributed by atoms with Crippen LogP contribution < -0.4 is 5.32 Å². The van der Waals surface area contributed by atoms with Crippen molar-refractivity contribution in [1.82, 2.24) is 10.2 Å². The van der Waals surface area contributed by atoms with E-state index < -0.39 is 5.41 Å². The van der Waals surface area contributed by atoms with Crippen molar-refractivity contribution < 1.29 is 19.4 Å². The molecular formula is C8H12N2O4. The highest BCUT2D eigenvalue weighted by Crippen LogP contribution is 2.28. The number of urea groups is 1. The van der Waals surface area contributed by atoms with Crippen molar-refractivity contribution in [2.45, 2.75) is 0 Å². The average molecular weight is 200 g/mol. The number of rotatable bonds is 3. The number of carbonyl (C=O) groups excluding carboxylic acids is 2. The van der Waals surface area contributed by atoms with Crippen LogP contribution in [0.3, 0.4) is 0 Å². The Morgan fingerprint density at radius 2 is 2.21 bits per heavy atom. The summed E-state index contributed by atoms with van der Waals surface area (Å²) in [5.41, 5.74) is -0.433. The zero-order valence-corrected chi connectivity index (χ0v) is 7.65. The highest BCUT2D eigenvalue weighted by Gasteiger charge is 2.43. The molecule has 0 radical (unpaired) electrons. The fourth-order valence-corrected chi connectivity index (χ4v) is 1.57. The van der Waals surface area contributed by atoms with Crippen LogP contribution in [0.1, 0.15) is 0 Å². The minimum absolute atomic E-state index is 0.0567. The Morgan fingerprint density at radius 3 is 2.57 bits per heavy atom. The highest BCUT2D eigenvalue weighted by atomic mass is 16.5. The third kappa shape index (κ3) is 1.36. The molecule has 2 heterocycles. The van der Waals surface area contributed by atoms with Gasteiger partial charge >= 0.3 is 6.03 Å². The third-order valence-corrected chi connectivity index (χ3v) is 2.58. The van der Waals surface area contributed by atoms with Crippen molar-refractivity contribution in [3.63, 3.8) is 0 Å². The van der Waals surface area contributed by atoms with Crippen molar-refractivity contribution in [3.05, 3.63) is 0 Å². The van der Waals surface area contributed by atoms with E-state index in [4.69, 9.17) is 9.84 Å². The first-order valence-electron chi connectivity index (χ1n) is 4.44. The topological polar surface area (TPSA) is 78.9 Å². The fraction of sp³-hybridized carbons (Fsp3) is 0.750. The van der Waals surface area contributed by atoms with Crippen LogP contribution in [0.25, 0.3) is 0 Å². The number of aliphatic hydroxyl groups excluding tert-OH is 1. The molecule has 0 aromatic heterocycles. The summed E-state index contributed by atoms with van der Waals surface area (Å²) in [6.45, 7) is 1.04. The van der Waals surface area contributed by atoms with Gasteiger partial charge in [-0.1, -0.05) is 0 Å². The third-order valence-electron chi connectivity index (χ3n) is 2.58. The molecule has 0 unspecified atom stereocenters. The zero-order valence-electron chi connectivity index (χ0n) is 7.65. The lowest BCUT2D eigenvalue weighted by Crippen LogP contribution is -2.54. The van der Waals surface area contributed by atoms with Crippen molar-refractivity contribution in [1.29, 1.82) is 0 Å². The van der Waals surface area contributed by atoms with Crippen LogP contribution in [0, 0.1) is 5.41 Å². The lowest BCUT2D eigenvalue weighted by atomic mass is 9.86. The molecule has 14 heavy (non-hydrogen) atoms. The molecule has 2 fully saturated rings. The molecule has 0 aromatic rings. The molecule has 2 aliphatic heterocycles. The molecule has 6 nitrogen and oxygen atoms in total.